The van der Waals surface area contributed by atoms with Gasteiger partial charge < -0.3 is 19.1 Å². The molecule has 0 aromatic carbocycles. The van der Waals surface area contributed by atoms with Crippen molar-refractivity contribution >= 4 is 17.9 Å². The molecule has 1 heterocycles. The van der Waals surface area contributed by atoms with E-state index in [-0.39, 0.29) is 34.8 Å². The molecule has 0 aromatic heterocycles. The molecule has 1 rings (SSSR count). The van der Waals surface area contributed by atoms with Crippen LogP contribution in [0.3, 0.4) is 0 Å². The number of hydrogen-bond donors (Lipinski definition) is 0. The van der Waals surface area contributed by atoms with Crippen molar-refractivity contribution in [3.05, 3.63) is 24.3 Å². The minimum atomic E-state index is -0.126. The van der Waals surface area contributed by atoms with E-state index in [0.717, 1.165) is 96.4 Å². The third-order valence-electron chi connectivity index (χ3n) is 11.1. The quantitative estimate of drug-likeness (QED) is 0.138. The Kier molecular flexibility index (Phi) is 30.4. The molecule has 1 aliphatic rings. The second kappa shape index (κ2) is 32.9. The van der Waals surface area contributed by atoms with Crippen LogP contribution in [0.1, 0.15) is 214 Å². The van der Waals surface area contributed by atoms with Gasteiger partial charge in [-0.2, -0.15) is 0 Å². The fraction of sp³-hybridized carbons (Fsp3) is 0.854. The lowest BCUT2D eigenvalue weighted by Crippen LogP contribution is -2.36. The van der Waals surface area contributed by atoms with E-state index < -0.39 is 0 Å². The van der Waals surface area contributed by atoms with Crippen LogP contribution in [0.4, 0.5) is 0 Å². The molecular formula is C48H87NO6. The van der Waals surface area contributed by atoms with Crippen LogP contribution in [0.2, 0.25) is 0 Å². The highest BCUT2D eigenvalue weighted by Gasteiger charge is 2.34. The van der Waals surface area contributed by atoms with Gasteiger partial charge >= 0.3 is 17.9 Å². The molecule has 7 heteroatoms. The monoisotopic (exact) mass is 774 g/mol. The third kappa shape index (κ3) is 31.6. The Hall–Kier alpha value is -2.15. The SMILES string of the molecule is CCC(C)(CN(C)C)CC(C)(C)CC(=O)OC1CCCCCCCCC=CCC(=O)OCCCCCCCCCCOC(=O)CC=CCCCCCCCC1. The Morgan fingerprint density at radius 1 is 0.636 bits per heavy atom. The molecule has 1 atom stereocenters. The van der Waals surface area contributed by atoms with Crippen LogP contribution in [0.5, 0.6) is 0 Å². The summed E-state index contributed by atoms with van der Waals surface area (Å²) in [6.07, 6.45) is 38.4. The van der Waals surface area contributed by atoms with Gasteiger partial charge in [-0.25, -0.2) is 0 Å². The van der Waals surface area contributed by atoms with Gasteiger partial charge in [0.2, 0.25) is 0 Å². The first-order valence-corrected chi connectivity index (χ1v) is 22.9. The predicted molar refractivity (Wildman–Crippen MR) is 230 cm³/mol. The van der Waals surface area contributed by atoms with Gasteiger partial charge in [0.25, 0.3) is 0 Å². The average molecular weight is 774 g/mol. The van der Waals surface area contributed by atoms with Gasteiger partial charge in [0, 0.05) is 6.54 Å². The molecule has 320 valence electrons. The van der Waals surface area contributed by atoms with Gasteiger partial charge in [0.1, 0.15) is 6.10 Å². The molecule has 55 heavy (non-hydrogen) atoms. The van der Waals surface area contributed by atoms with E-state index in [1.54, 1.807) is 0 Å². The Balaban J connectivity index is 2.60. The summed E-state index contributed by atoms with van der Waals surface area (Å²) in [6.45, 7) is 11.1. The highest BCUT2D eigenvalue weighted by molar-refractivity contribution is 5.71. The van der Waals surface area contributed by atoms with Gasteiger partial charge in [-0.1, -0.05) is 142 Å². The first kappa shape index (κ1) is 50.9. The zero-order valence-corrected chi connectivity index (χ0v) is 36.9. The van der Waals surface area contributed by atoms with Crippen LogP contribution in [0, 0.1) is 10.8 Å². The van der Waals surface area contributed by atoms with Crippen LogP contribution in [0.15, 0.2) is 24.3 Å². The van der Waals surface area contributed by atoms with Crippen LogP contribution in [0.25, 0.3) is 0 Å². The second-order valence-corrected chi connectivity index (χ2v) is 18.0. The Morgan fingerprint density at radius 3 is 1.45 bits per heavy atom. The molecule has 0 N–H and O–H groups in total. The number of carbonyl (C=O) groups excluding carboxylic acids is 3. The molecule has 0 radical (unpaired) electrons. The highest BCUT2D eigenvalue weighted by Crippen LogP contribution is 2.39. The maximum Gasteiger partial charge on any atom is 0.309 e. The Morgan fingerprint density at radius 2 is 1.04 bits per heavy atom. The molecule has 0 amide bonds. The Bertz CT molecular complexity index is 981. The lowest BCUT2D eigenvalue weighted by atomic mass is 9.71. The predicted octanol–water partition coefficient (Wildman–Crippen LogP) is 13.0. The summed E-state index contributed by atoms with van der Waals surface area (Å²) >= 11 is 0. The zero-order valence-electron chi connectivity index (χ0n) is 36.9. The van der Waals surface area contributed by atoms with Gasteiger partial charge in [-0.3, -0.25) is 14.4 Å². The molecule has 0 spiro atoms. The van der Waals surface area contributed by atoms with E-state index in [2.05, 4.69) is 58.8 Å². The third-order valence-corrected chi connectivity index (χ3v) is 11.1. The smallest absolute Gasteiger partial charge is 0.309 e. The fourth-order valence-electron chi connectivity index (χ4n) is 8.19. The van der Waals surface area contributed by atoms with Gasteiger partial charge in [0.15, 0.2) is 0 Å². The normalized spacial score (nSPS) is 22.1. The number of carbonyl (C=O) groups is 3. The summed E-state index contributed by atoms with van der Waals surface area (Å²) in [5.74, 6) is -0.283. The molecule has 0 aromatic rings. The van der Waals surface area contributed by atoms with E-state index >= 15 is 0 Å². The fourth-order valence-corrected chi connectivity index (χ4v) is 8.19. The van der Waals surface area contributed by atoms with Gasteiger partial charge in [-0.15, -0.1) is 0 Å². The van der Waals surface area contributed by atoms with Crippen molar-refractivity contribution < 1.29 is 28.6 Å². The van der Waals surface area contributed by atoms with Crippen molar-refractivity contribution in [2.45, 2.75) is 220 Å². The summed E-state index contributed by atoms with van der Waals surface area (Å²) in [7, 11) is 4.27. The lowest BCUT2D eigenvalue weighted by Gasteiger charge is -2.38. The van der Waals surface area contributed by atoms with Crippen molar-refractivity contribution in [2.24, 2.45) is 10.8 Å². The minimum Gasteiger partial charge on any atom is -0.465 e. The van der Waals surface area contributed by atoms with Crippen LogP contribution < -0.4 is 0 Å². The van der Waals surface area contributed by atoms with Crippen molar-refractivity contribution in [3.8, 4) is 0 Å². The Labute approximate surface area is 339 Å². The van der Waals surface area contributed by atoms with Gasteiger partial charge in [-0.05, 0) is 102 Å². The molecule has 0 saturated heterocycles. The summed E-state index contributed by atoms with van der Waals surface area (Å²) in [5.41, 5.74) is 0.0633. The zero-order chi connectivity index (χ0) is 40.5. The standard InChI is InChI=1S/C48H87NO6/c1-7-48(4,42-49(5)6)41-47(2,3)40-46(52)55-43-34-28-22-16-10-8-12-18-24-30-36-44(50)53-38-32-26-20-14-15-21-27-33-39-54-45(51)37-31-25-19-13-9-11-17-23-29-35-43/h24-25,30-31,43H,7-23,26-29,32-42H2,1-6H3. The molecule has 7 nitrogen and oxygen atoms in total. The van der Waals surface area contributed by atoms with Crippen LogP contribution in [-0.2, 0) is 28.6 Å². The van der Waals surface area contributed by atoms with E-state index in [0.29, 0.717) is 32.5 Å². The number of rotatable bonds is 8. The van der Waals surface area contributed by atoms with Crippen molar-refractivity contribution in [2.75, 3.05) is 33.9 Å². The van der Waals surface area contributed by atoms with Gasteiger partial charge in [0.05, 0.1) is 32.5 Å². The van der Waals surface area contributed by atoms with E-state index in [1.807, 2.05) is 12.2 Å². The average Bonchev–Trinajstić information content (AvgIpc) is 3.11. The van der Waals surface area contributed by atoms with E-state index in [4.69, 9.17) is 14.2 Å². The maximum atomic E-state index is 13.4. The van der Waals surface area contributed by atoms with E-state index in [9.17, 15) is 14.4 Å². The second-order valence-electron chi connectivity index (χ2n) is 18.0. The number of esters is 3. The molecular weight excluding hydrogens is 687 g/mol. The number of allylic oxidation sites excluding steroid dienone is 2. The number of ether oxygens (including phenoxy) is 3. The van der Waals surface area contributed by atoms with Crippen molar-refractivity contribution in [1.29, 1.82) is 0 Å². The first-order valence-electron chi connectivity index (χ1n) is 22.9. The summed E-state index contributed by atoms with van der Waals surface area (Å²) < 4.78 is 17.1. The van der Waals surface area contributed by atoms with Crippen LogP contribution >= 0.6 is 0 Å². The van der Waals surface area contributed by atoms with Crippen molar-refractivity contribution in [3.63, 3.8) is 0 Å². The molecule has 1 unspecified atom stereocenters. The topological polar surface area (TPSA) is 82.1 Å². The van der Waals surface area contributed by atoms with E-state index in [1.165, 1.54) is 77.0 Å². The molecule has 0 bridgehead atoms. The largest absolute Gasteiger partial charge is 0.465 e. The maximum absolute atomic E-state index is 13.4. The molecule has 0 aliphatic carbocycles. The molecule has 0 fully saturated rings. The summed E-state index contributed by atoms with van der Waals surface area (Å²) in [6, 6.07) is 0. The first-order chi connectivity index (χ1) is 26.4. The molecule has 1 aliphatic heterocycles. The van der Waals surface area contributed by atoms with Crippen LogP contribution in [-0.4, -0.2) is 62.8 Å². The highest BCUT2D eigenvalue weighted by atomic mass is 16.5. The summed E-state index contributed by atoms with van der Waals surface area (Å²) in [4.78, 5) is 39.7. The molecule has 0 saturated carbocycles. The summed E-state index contributed by atoms with van der Waals surface area (Å²) in [5, 5.41) is 0. The van der Waals surface area contributed by atoms with Crippen molar-refractivity contribution in [1.82, 2.24) is 4.90 Å². The number of cyclic esters (lactones) is 2. The number of hydrogen-bond acceptors (Lipinski definition) is 7. The lowest BCUT2D eigenvalue weighted by molar-refractivity contribution is -0.153. The number of nitrogens with zero attached hydrogens (tertiary/aromatic N) is 1. The minimum absolute atomic E-state index is 0.0116.